The fraction of sp³-hybridized carbons (Fsp3) is 0.600. The summed E-state index contributed by atoms with van der Waals surface area (Å²) < 4.78 is 23.8. The molecule has 0 spiro atoms. The minimum Gasteiger partial charge on any atom is -0.354 e. The van der Waals surface area contributed by atoms with Gasteiger partial charge >= 0.3 is 0 Å². The summed E-state index contributed by atoms with van der Waals surface area (Å²) in [6.45, 7) is 4.28. The van der Waals surface area contributed by atoms with Crippen LogP contribution in [0.25, 0.3) is 0 Å². The van der Waals surface area contributed by atoms with E-state index < -0.39 is 9.84 Å². The number of nitrogens with zero attached hydrogens (tertiary/aromatic N) is 1. The van der Waals surface area contributed by atoms with Crippen LogP contribution in [0.5, 0.6) is 0 Å². The third-order valence-corrected chi connectivity index (χ3v) is 3.10. The van der Waals surface area contributed by atoms with Gasteiger partial charge in [-0.1, -0.05) is 0 Å². The highest BCUT2D eigenvalue weighted by atomic mass is 32.2. The Morgan fingerprint density at radius 3 is 2.73 bits per heavy atom. The van der Waals surface area contributed by atoms with Crippen molar-refractivity contribution in [1.82, 2.24) is 9.88 Å². The summed E-state index contributed by atoms with van der Waals surface area (Å²) in [6, 6.07) is 2.04. The van der Waals surface area contributed by atoms with E-state index in [4.69, 9.17) is 0 Å². The SMILES string of the molecule is CCn1ccc(CNCCS(C)(=O)=O)c1. The standard InChI is InChI=1S/C10H18N2O2S/c1-3-12-6-4-10(9-12)8-11-5-7-15(2,13)14/h4,6,9,11H,3,5,7-8H2,1-2H3. The first-order valence-corrected chi connectivity index (χ1v) is 7.10. The molecule has 1 rings (SSSR count). The molecule has 0 fully saturated rings. The molecule has 0 radical (unpaired) electrons. The zero-order valence-corrected chi connectivity index (χ0v) is 10.0. The van der Waals surface area contributed by atoms with Crippen LogP contribution in [0.2, 0.25) is 0 Å². The maximum Gasteiger partial charge on any atom is 0.148 e. The molecule has 0 aliphatic carbocycles. The second kappa shape index (κ2) is 5.32. The summed E-state index contributed by atoms with van der Waals surface area (Å²) in [5, 5.41) is 3.10. The third kappa shape index (κ3) is 4.99. The van der Waals surface area contributed by atoms with E-state index in [1.807, 2.05) is 12.3 Å². The lowest BCUT2D eigenvalue weighted by molar-refractivity contribution is 0.596. The Bertz CT molecular complexity index is 395. The monoisotopic (exact) mass is 230 g/mol. The molecular weight excluding hydrogens is 212 g/mol. The largest absolute Gasteiger partial charge is 0.354 e. The Kier molecular flexibility index (Phi) is 4.35. The molecule has 0 aromatic carbocycles. The van der Waals surface area contributed by atoms with Gasteiger partial charge in [-0.15, -0.1) is 0 Å². The Hall–Kier alpha value is -0.810. The molecule has 15 heavy (non-hydrogen) atoms. The lowest BCUT2D eigenvalue weighted by Crippen LogP contribution is -2.21. The van der Waals surface area contributed by atoms with Crippen LogP contribution in [-0.2, 0) is 22.9 Å². The molecular formula is C10H18N2O2S. The third-order valence-electron chi connectivity index (χ3n) is 2.16. The van der Waals surface area contributed by atoms with E-state index in [9.17, 15) is 8.42 Å². The van der Waals surface area contributed by atoms with Crippen molar-refractivity contribution in [3.05, 3.63) is 24.0 Å². The normalized spacial score (nSPS) is 11.9. The van der Waals surface area contributed by atoms with Gasteiger partial charge in [0.1, 0.15) is 9.84 Å². The lowest BCUT2D eigenvalue weighted by atomic mass is 10.3. The van der Waals surface area contributed by atoms with Crippen LogP contribution < -0.4 is 5.32 Å². The number of hydrogen-bond donors (Lipinski definition) is 1. The Balaban J connectivity index is 2.26. The average molecular weight is 230 g/mol. The maximum atomic E-state index is 10.8. The van der Waals surface area contributed by atoms with Gasteiger partial charge in [-0.3, -0.25) is 0 Å². The summed E-state index contributed by atoms with van der Waals surface area (Å²) in [7, 11) is -2.85. The fourth-order valence-corrected chi connectivity index (χ4v) is 1.80. The number of sulfone groups is 1. The van der Waals surface area contributed by atoms with Crippen molar-refractivity contribution in [2.75, 3.05) is 18.6 Å². The van der Waals surface area contributed by atoms with Crippen LogP contribution in [0.15, 0.2) is 18.5 Å². The summed E-state index contributed by atoms with van der Waals surface area (Å²) in [5.41, 5.74) is 1.19. The van der Waals surface area contributed by atoms with E-state index in [2.05, 4.69) is 23.0 Å². The summed E-state index contributed by atoms with van der Waals surface area (Å²) in [5.74, 6) is 0.196. The molecule has 1 aromatic rings. The molecule has 86 valence electrons. The van der Waals surface area contributed by atoms with E-state index in [-0.39, 0.29) is 5.75 Å². The minimum absolute atomic E-state index is 0.196. The molecule has 0 saturated heterocycles. The van der Waals surface area contributed by atoms with E-state index in [1.54, 1.807) is 0 Å². The smallest absolute Gasteiger partial charge is 0.148 e. The molecule has 1 heterocycles. The molecule has 5 heteroatoms. The lowest BCUT2D eigenvalue weighted by Gasteiger charge is -2.01. The Labute approximate surface area is 91.2 Å². The molecule has 4 nitrogen and oxygen atoms in total. The van der Waals surface area contributed by atoms with Crippen LogP contribution in [0.1, 0.15) is 12.5 Å². The molecule has 0 aliphatic heterocycles. The number of nitrogens with one attached hydrogen (secondary N) is 1. The van der Waals surface area contributed by atoms with Crippen molar-refractivity contribution in [1.29, 1.82) is 0 Å². The minimum atomic E-state index is -2.85. The average Bonchev–Trinajstić information content (AvgIpc) is 2.59. The van der Waals surface area contributed by atoms with Crippen LogP contribution in [0, 0.1) is 0 Å². The van der Waals surface area contributed by atoms with Gasteiger partial charge in [-0.25, -0.2) is 8.42 Å². The van der Waals surface area contributed by atoms with Gasteiger partial charge in [0.2, 0.25) is 0 Å². The first-order valence-electron chi connectivity index (χ1n) is 5.04. The predicted octanol–water partition coefficient (Wildman–Crippen LogP) is 0.642. The predicted molar refractivity (Wildman–Crippen MR) is 61.5 cm³/mol. The first-order chi connectivity index (χ1) is 7.01. The van der Waals surface area contributed by atoms with Crippen molar-refractivity contribution < 1.29 is 8.42 Å². The van der Waals surface area contributed by atoms with Crippen LogP contribution in [0.3, 0.4) is 0 Å². The van der Waals surface area contributed by atoms with E-state index in [1.165, 1.54) is 11.8 Å². The molecule has 0 atom stereocenters. The second-order valence-electron chi connectivity index (χ2n) is 3.66. The number of hydrogen-bond acceptors (Lipinski definition) is 3. The van der Waals surface area contributed by atoms with Crippen molar-refractivity contribution in [2.45, 2.75) is 20.0 Å². The highest BCUT2D eigenvalue weighted by molar-refractivity contribution is 7.90. The van der Waals surface area contributed by atoms with Gasteiger partial charge in [0.15, 0.2) is 0 Å². The van der Waals surface area contributed by atoms with Gasteiger partial charge in [-0.2, -0.15) is 0 Å². The fourth-order valence-electron chi connectivity index (χ4n) is 1.28. The highest BCUT2D eigenvalue weighted by Crippen LogP contribution is 2.00. The molecule has 0 amide bonds. The van der Waals surface area contributed by atoms with Crippen LogP contribution in [-0.4, -0.2) is 31.5 Å². The van der Waals surface area contributed by atoms with Gasteiger partial charge in [0.05, 0.1) is 5.75 Å². The van der Waals surface area contributed by atoms with E-state index >= 15 is 0 Å². The van der Waals surface area contributed by atoms with Gasteiger partial charge in [-0.05, 0) is 18.6 Å². The second-order valence-corrected chi connectivity index (χ2v) is 5.92. The topological polar surface area (TPSA) is 51.1 Å². The van der Waals surface area contributed by atoms with Crippen molar-refractivity contribution in [2.24, 2.45) is 0 Å². The maximum absolute atomic E-state index is 10.8. The molecule has 1 aromatic heterocycles. The Morgan fingerprint density at radius 1 is 1.47 bits per heavy atom. The zero-order chi connectivity index (χ0) is 11.3. The van der Waals surface area contributed by atoms with E-state index in [0.29, 0.717) is 6.54 Å². The van der Waals surface area contributed by atoms with Gasteiger partial charge < -0.3 is 9.88 Å². The zero-order valence-electron chi connectivity index (χ0n) is 9.23. The quantitative estimate of drug-likeness (QED) is 0.730. The number of aryl methyl sites for hydroxylation is 1. The van der Waals surface area contributed by atoms with Gasteiger partial charge in [0, 0.05) is 38.3 Å². The van der Waals surface area contributed by atoms with Crippen molar-refractivity contribution in [3.8, 4) is 0 Å². The van der Waals surface area contributed by atoms with Crippen LogP contribution in [0.4, 0.5) is 0 Å². The molecule has 0 bridgehead atoms. The molecule has 0 unspecified atom stereocenters. The highest BCUT2D eigenvalue weighted by Gasteiger charge is 2.01. The Morgan fingerprint density at radius 2 is 2.20 bits per heavy atom. The molecule has 1 N–H and O–H groups in total. The summed E-state index contributed by atoms with van der Waals surface area (Å²) >= 11 is 0. The van der Waals surface area contributed by atoms with Crippen molar-refractivity contribution in [3.63, 3.8) is 0 Å². The summed E-state index contributed by atoms with van der Waals surface area (Å²) in [4.78, 5) is 0. The molecule has 0 aliphatic rings. The van der Waals surface area contributed by atoms with Crippen molar-refractivity contribution >= 4 is 9.84 Å². The van der Waals surface area contributed by atoms with E-state index in [0.717, 1.165) is 13.1 Å². The first kappa shape index (κ1) is 12.3. The van der Waals surface area contributed by atoms with Gasteiger partial charge in [0.25, 0.3) is 0 Å². The number of rotatable bonds is 6. The molecule has 0 saturated carbocycles. The number of aromatic nitrogens is 1. The summed E-state index contributed by atoms with van der Waals surface area (Å²) in [6.07, 6.45) is 5.34. The van der Waals surface area contributed by atoms with Crippen LogP contribution >= 0.6 is 0 Å².